The summed E-state index contributed by atoms with van der Waals surface area (Å²) >= 11 is 5.64. The van der Waals surface area contributed by atoms with Gasteiger partial charge >= 0.3 is 0 Å². The van der Waals surface area contributed by atoms with Gasteiger partial charge in [-0.25, -0.2) is 0 Å². The monoisotopic (exact) mass is 403 g/mol. The summed E-state index contributed by atoms with van der Waals surface area (Å²) in [6.07, 6.45) is 0. The molecule has 0 spiro atoms. The van der Waals surface area contributed by atoms with Gasteiger partial charge in [0.2, 0.25) is 0 Å². The highest BCUT2D eigenvalue weighted by atomic mass is 127. The maximum atomic E-state index is 5.85. The van der Waals surface area contributed by atoms with E-state index in [-0.39, 0.29) is 0 Å². The zero-order valence-electron chi connectivity index (χ0n) is 8.99. The van der Waals surface area contributed by atoms with E-state index in [1.165, 1.54) is 3.57 Å². The molecule has 88 valence electrons. The topological polar surface area (TPSA) is 35.2 Å². The van der Waals surface area contributed by atoms with Crippen LogP contribution in [0.4, 0.5) is 5.69 Å². The number of halogens is 2. The molecule has 0 unspecified atom stereocenters. The molecule has 2 aromatic rings. The molecule has 0 aliphatic rings. The van der Waals surface area contributed by atoms with Crippen molar-refractivity contribution in [1.82, 2.24) is 0 Å². The first-order valence-corrected chi connectivity index (χ1v) is 6.94. The van der Waals surface area contributed by atoms with Crippen LogP contribution in [0.1, 0.15) is 5.56 Å². The van der Waals surface area contributed by atoms with Crippen molar-refractivity contribution in [3.8, 4) is 5.75 Å². The fourth-order valence-corrected chi connectivity index (χ4v) is 2.13. The normalized spacial score (nSPS) is 10.2. The van der Waals surface area contributed by atoms with Crippen molar-refractivity contribution in [2.75, 3.05) is 5.73 Å². The zero-order chi connectivity index (χ0) is 12.3. The van der Waals surface area contributed by atoms with Gasteiger partial charge in [-0.2, -0.15) is 0 Å². The third kappa shape index (κ3) is 3.61. The number of hydrogen-bond donors (Lipinski definition) is 1. The molecule has 0 aliphatic carbocycles. The summed E-state index contributed by atoms with van der Waals surface area (Å²) in [5.41, 5.74) is 7.63. The number of nitrogens with two attached hydrogens (primary N) is 1. The molecular weight excluding hydrogens is 393 g/mol. The number of hydrogen-bond acceptors (Lipinski definition) is 2. The highest BCUT2D eigenvalue weighted by Crippen LogP contribution is 2.26. The summed E-state index contributed by atoms with van der Waals surface area (Å²) in [7, 11) is 0. The van der Waals surface area contributed by atoms with Gasteiger partial charge in [0.1, 0.15) is 12.4 Å². The Morgan fingerprint density at radius 1 is 1.12 bits per heavy atom. The molecule has 0 heterocycles. The van der Waals surface area contributed by atoms with E-state index in [4.69, 9.17) is 10.5 Å². The van der Waals surface area contributed by atoms with Crippen LogP contribution in [0.25, 0.3) is 0 Å². The van der Waals surface area contributed by atoms with E-state index in [1.807, 2.05) is 18.2 Å². The number of ether oxygens (including phenoxy) is 1. The first kappa shape index (κ1) is 12.7. The molecule has 0 atom stereocenters. The van der Waals surface area contributed by atoms with Crippen LogP contribution in [0.5, 0.6) is 5.75 Å². The average molecular weight is 404 g/mol. The van der Waals surface area contributed by atoms with E-state index in [1.54, 1.807) is 0 Å². The largest absolute Gasteiger partial charge is 0.487 e. The zero-order valence-corrected chi connectivity index (χ0v) is 12.7. The molecule has 0 aliphatic heterocycles. The van der Waals surface area contributed by atoms with Crippen LogP contribution in [0.15, 0.2) is 46.9 Å². The van der Waals surface area contributed by atoms with E-state index >= 15 is 0 Å². The van der Waals surface area contributed by atoms with Gasteiger partial charge in [-0.15, -0.1) is 0 Å². The van der Waals surface area contributed by atoms with Gasteiger partial charge in [-0.3, -0.25) is 0 Å². The van der Waals surface area contributed by atoms with E-state index in [9.17, 15) is 0 Å². The third-order valence-electron chi connectivity index (χ3n) is 2.28. The highest BCUT2D eigenvalue weighted by Gasteiger charge is 2.01. The van der Waals surface area contributed by atoms with Crippen LogP contribution in [0.3, 0.4) is 0 Å². The summed E-state index contributed by atoms with van der Waals surface area (Å²) in [6, 6.07) is 13.8. The van der Waals surface area contributed by atoms with Crippen molar-refractivity contribution < 1.29 is 4.74 Å². The second kappa shape index (κ2) is 5.73. The Balaban J connectivity index is 2.04. The standard InChI is InChI=1S/C13H11BrINO/c14-10-3-6-13(12(16)7-10)17-8-9-1-4-11(15)5-2-9/h1-7H,8,16H2. The lowest BCUT2D eigenvalue weighted by molar-refractivity contribution is 0.308. The van der Waals surface area contributed by atoms with Gasteiger partial charge in [0, 0.05) is 8.04 Å². The summed E-state index contributed by atoms with van der Waals surface area (Å²) < 4.78 is 7.84. The summed E-state index contributed by atoms with van der Waals surface area (Å²) in [5, 5.41) is 0. The molecule has 4 heteroatoms. The van der Waals surface area contributed by atoms with Gasteiger partial charge in [0.05, 0.1) is 5.69 Å². The third-order valence-corrected chi connectivity index (χ3v) is 3.49. The Kier molecular flexibility index (Phi) is 4.28. The van der Waals surface area contributed by atoms with Gasteiger partial charge < -0.3 is 10.5 Å². The highest BCUT2D eigenvalue weighted by molar-refractivity contribution is 14.1. The van der Waals surface area contributed by atoms with Crippen LogP contribution in [0.2, 0.25) is 0 Å². The minimum Gasteiger partial charge on any atom is -0.487 e. The summed E-state index contributed by atoms with van der Waals surface area (Å²) in [6.45, 7) is 0.531. The minimum absolute atomic E-state index is 0.531. The van der Waals surface area contributed by atoms with Crippen LogP contribution in [0, 0.1) is 3.57 Å². The molecule has 0 saturated heterocycles. The fourth-order valence-electron chi connectivity index (χ4n) is 1.39. The predicted molar refractivity (Wildman–Crippen MR) is 82.0 cm³/mol. The first-order chi connectivity index (χ1) is 8.15. The molecule has 2 N–H and O–H groups in total. The second-order valence-electron chi connectivity index (χ2n) is 3.60. The van der Waals surface area contributed by atoms with Crippen molar-refractivity contribution in [1.29, 1.82) is 0 Å². The molecule has 2 nitrogen and oxygen atoms in total. The molecule has 0 bridgehead atoms. The number of rotatable bonds is 3. The number of anilines is 1. The lowest BCUT2D eigenvalue weighted by atomic mass is 10.2. The van der Waals surface area contributed by atoms with Gasteiger partial charge in [0.15, 0.2) is 0 Å². The molecule has 0 fully saturated rings. The Labute approximate surface area is 122 Å². The smallest absolute Gasteiger partial charge is 0.142 e. The summed E-state index contributed by atoms with van der Waals surface area (Å²) in [5.74, 6) is 0.715. The van der Waals surface area contributed by atoms with Crippen LogP contribution in [-0.4, -0.2) is 0 Å². The van der Waals surface area contributed by atoms with Gasteiger partial charge in [-0.1, -0.05) is 28.1 Å². The Morgan fingerprint density at radius 3 is 2.47 bits per heavy atom. The number of nitrogen functional groups attached to an aromatic ring is 1. The first-order valence-electron chi connectivity index (χ1n) is 5.07. The van der Waals surface area contributed by atoms with Crippen molar-refractivity contribution in [2.45, 2.75) is 6.61 Å². The van der Waals surface area contributed by atoms with Crippen molar-refractivity contribution in [3.63, 3.8) is 0 Å². The molecule has 2 aromatic carbocycles. The lowest BCUT2D eigenvalue weighted by Crippen LogP contribution is -1.98. The van der Waals surface area contributed by atoms with Crippen LogP contribution < -0.4 is 10.5 Å². The van der Waals surface area contributed by atoms with E-state index < -0.39 is 0 Å². The van der Waals surface area contributed by atoms with Crippen molar-refractivity contribution >= 4 is 44.2 Å². The lowest BCUT2D eigenvalue weighted by Gasteiger charge is -2.09. The predicted octanol–water partition coefficient (Wildman–Crippen LogP) is 4.21. The van der Waals surface area contributed by atoms with Gasteiger partial charge in [-0.05, 0) is 58.5 Å². The van der Waals surface area contributed by atoms with Crippen LogP contribution in [-0.2, 0) is 6.61 Å². The van der Waals surface area contributed by atoms with E-state index in [2.05, 4.69) is 62.8 Å². The van der Waals surface area contributed by atoms with E-state index in [0.717, 1.165) is 10.0 Å². The minimum atomic E-state index is 0.531. The Hall–Kier alpha value is -0.750. The molecular formula is C13H11BrINO. The quantitative estimate of drug-likeness (QED) is 0.615. The molecule has 0 aromatic heterocycles. The van der Waals surface area contributed by atoms with Crippen molar-refractivity contribution in [3.05, 3.63) is 56.1 Å². The van der Waals surface area contributed by atoms with Crippen LogP contribution >= 0.6 is 38.5 Å². The molecule has 0 radical (unpaired) electrons. The second-order valence-corrected chi connectivity index (χ2v) is 5.76. The Bertz CT molecular complexity index is 513. The maximum Gasteiger partial charge on any atom is 0.142 e. The van der Waals surface area contributed by atoms with Gasteiger partial charge in [0.25, 0.3) is 0 Å². The van der Waals surface area contributed by atoms with E-state index in [0.29, 0.717) is 18.0 Å². The SMILES string of the molecule is Nc1cc(Br)ccc1OCc1ccc(I)cc1. The Morgan fingerprint density at radius 2 is 1.82 bits per heavy atom. The molecule has 0 amide bonds. The fraction of sp³-hybridized carbons (Fsp3) is 0.0769. The molecule has 2 rings (SSSR count). The summed E-state index contributed by atoms with van der Waals surface area (Å²) in [4.78, 5) is 0. The molecule has 0 saturated carbocycles. The number of benzene rings is 2. The molecule has 17 heavy (non-hydrogen) atoms. The average Bonchev–Trinajstić information content (AvgIpc) is 2.30. The maximum absolute atomic E-state index is 5.85. The van der Waals surface area contributed by atoms with Crippen molar-refractivity contribution in [2.24, 2.45) is 0 Å².